The van der Waals surface area contributed by atoms with Gasteiger partial charge in [0.25, 0.3) is 0 Å². The van der Waals surface area contributed by atoms with E-state index in [4.69, 9.17) is 4.74 Å². The van der Waals surface area contributed by atoms with E-state index in [1.54, 1.807) is 14.2 Å². The van der Waals surface area contributed by atoms with Crippen LogP contribution < -0.4 is 20.7 Å². The zero-order valence-corrected chi connectivity index (χ0v) is 17.3. The average Bonchev–Trinajstić information content (AvgIpc) is 2.75. The number of guanidine groups is 1. The molecule has 1 heterocycles. The van der Waals surface area contributed by atoms with Gasteiger partial charge in [-0.05, 0) is 36.1 Å². The highest BCUT2D eigenvalue weighted by Gasteiger charge is 2.32. The summed E-state index contributed by atoms with van der Waals surface area (Å²) in [6.07, 6.45) is -2.51. The molecule has 0 saturated heterocycles. The van der Waals surface area contributed by atoms with E-state index in [1.165, 1.54) is 5.56 Å². The van der Waals surface area contributed by atoms with Crippen molar-refractivity contribution in [2.75, 3.05) is 39.1 Å². The molecule has 2 rings (SSSR count). The van der Waals surface area contributed by atoms with Gasteiger partial charge in [-0.3, -0.25) is 4.99 Å². The molecule has 0 aliphatic carbocycles. The molecule has 1 aromatic heterocycles. The van der Waals surface area contributed by atoms with E-state index in [9.17, 15) is 13.2 Å². The molecule has 1 atom stereocenters. The van der Waals surface area contributed by atoms with Crippen molar-refractivity contribution < 1.29 is 17.9 Å². The van der Waals surface area contributed by atoms with Crippen LogP contribution in [0.15, 0.2) is 41.5 Å². The average molecular weight is 424 g/mol. The van der Waals surface area contributed by atoms with Crippen molar-refractivity contribution in [2.45, 2.75) is 25.4 Å². The normalized spacial score (nSPS) is 12.9. The highest BCUT2D eigenvalue weighted by molar-refractivity contribution is 5.79. The van der Waals surface area contributed by atoms with Gasteiger partial charge in [0.05, 0.1) is 7.11 Å². The minimum absolute atomic E-state index is 0.0668. The minimum Gasteiger partial charge on any atom is -0.497 e. The maximum absolute atomic E-state index is 12.7. The van der Waals surface area contributed by atoms with E-state index >= 15 is 0 Å². The van der Waals surface area contributed by atoms with Gasteiger partial charge in [0, 0.05) is 32.9 Å². The lowest BCUT2D eigenvalue weighted by Crippen LogP contribution is -2.40. The number of ether oxygens (including phenoxy) is 1. The highest BCUT2D eigenvalue weighted by Crippen LogP contribution is 2.27. The summed E-state index contributed by atoms with van der Waals surface area (Å²) < 4.78 is 43.2. The van der Waals surface area contributed by atoms with Crippen molar-refractivity contribution in [3.63, 3.8) is 0 Å². The van der Waals surface area contributed by atoms with Crippen molar-refractivity contribution >= 4 is 11.9 Å². The molecular weight excluding hydrogens is 397 g/mol. The van der Waals surface area contributed by atoms with E-state index in [1.807, 2.05) is 12.1 Å². The van der Waals surface area contributed by atoms with Gasteiger partial charge in [-0.25, -0.2) is 9.97 Å². The molecule has 3 N–H and O–H groups in total. The second-order valence-electron chi connectivity index (χ2n) is 6.58. The molecule has 0 spiro atoms. The maximum Gasteiger partial charge on any atom is 0.433 e. The molecule has 0 saturated carbocycles. The number of halogens is 3. The molecule has 7 nitrogen and oxygen atoms in total. The van der Waals surface area contributed by atoms with Crippen molar-refractivity contribution in [1.82, 2.24) is 20.6 Å². The predicted molar refractivity (Wildman–Crippen MR) is 111 cm³/mol. The fraction of sp³-hybridized carbons (Fsp3) is 0.450. The van der Waals surface area contributed by atoms with Crippen LogP contribution in [-0.2, 0) is 6.18 Å². The number of rotatable bonds is 9. The summed E-state index contributed by atoms with van der Waals surface area (Å²) >= 11 is 0. The standard InChI is InChI=1S/C20H27F3N6O/c1-14(15-4-6-16(30-3)7-5-15)8-10-25-18(24-2)27-12-13-28-19-26-11-9-17(29-19)20(21,22)23/h4-7,9,11,14H,8,10,12-13H2,1-3H3,(H2,24,25,27)(H,26,28,29). The maximum atomic E-state index is 12.7. The van der Waals surface area contributed by atoms with Gasteiger partial charge < -0.3 is 20.7 Å². The molecule has 0 aliphatic rings. The van der Waals surface area contributed by atoms with Gasteiger partial charge in [-0.15, -0.1) is 0 Å². The largest absolute Gasteiger partial charge is 0.497 e. The Hall–Kier alpha value is -3.04. The van der Waals surface area contributed by atoms with E-state index in [0.717, 1.165) is 31.0 Å². The molecule has 0 amide bonds. The van der Waals surface area contributed by atoms with Crippen LogP contribution in [0, 0.1) is 0 Å². The lowest BCUT2D eigenvalue weighted by atomic mass is 9.98. The number of nitrogens with zero attached hydrogens (tertiary/aromatic N) is 3. The Bertz CT molecular complexity index is 811. The number of anilines is 1. The third-order valence-electron chi connectivity index (χ3n) is 4.42. The number of nitrogens with one attached hydrogen (secondary N) is 3. The van der Waals surface area contributed by atoms with E-state index in [2.05, 4.69) is 50.0 Å². The quantitative estimate of drug-likeness (QED) is 0.326. The number of hydrogen-bond donors (Lipinski definition) is 3. The van der Waals surface area contributed by atoms with Crippen molar-refractivity contribution in [3.8, 4) is 5.75 Å². The third kappa shape index (κ3) is 7.41. The summed E-state index contributed by atoms with van der Waals surface area (Å²) in [4.78, 5) is 11.4. The van der Waals surface area contributed by atoms with Crippen molar-refractivity contribution in [3.05, 3.63) is 47.8 Å². The lowest BCUT2D eigenvalue weighted by molar-refractivity contribution is -0.141. The topological polar surface area (TPSA) is 83.5 Å². The number of benzene rings is 1. The molecule has 0 aliphatic heterocycles. The van der Waals surface area contributed by atoms with Crippen LogP contribution in [0.25, 0.3) is 0 Å². The van der Waals surface area contributed by atoms with Crippen molar-refractivity contribution in [1.29, 1.82) is 0 Å². The Morgan fingerprint density at radius 2 is 1.80 bits per heavy atom. The van der Waals surface area contributed by atoms with Gasteiger partial charge in [0.2, 0.25) is 5.95 Å². The zero-order valence-electron chi connectivity index (χ0n) is 17.3. The number of aliphatic imine (C=N–C) groups is 1. The predicted octanol–water partition coefficient (Wildman–Crippen LogP) is 3.27. The molecule has 2 aromatic rings. The molecule has 0 fully saturated rings. The molecule has 0 bridgehead atoms. The van der Waals surface area contributed by atoms with Crippen LogP contribution in [0.4, 0.5) is 19.1 Å². The lowest BCUT2D eigenvalue weighted by Gasteiger charge is -2.16. The first-order valence-electron chi connectivity index (χ1n) is 9.56. The first-order chi connectivity index (χ1) is 14.3. The van der Waals surface area contributed by atoms with Crippen LogP contribution in [0.5, 0.6) is 5.75 Å². The second kappa shape index (κ2) is 11.2. The Morgan fingerprint density at radius 3 is 2.43 bits per heavy atom. The van der Waals surface area contributed by atoms with Crippen LogP contribution in [0.3, 0.4) is 0 Å². The molecule has 164 valence electrons. The van der Waals surface area contributed by atoms with Gasteiger partial charge in [-0.2, -0.15) is 13.2 Å². The number of alkyl halides is 3. The first kappa shape index (κ1) is 23.2. The summed E-state index contributed by atoms with van der Waals surface area (Å²) in [7, 11) is 3.30. The summed E-state index contributed by atoms with van der Waals surface area (Å²) in [5.41, 5.74) is 0.252. The monoisotopic (exact) mass is 424 g/mol. The number of methoxy groups -OCH3 is 1. The Labute approximate surface area is 174 Å². The second-order valence-corrected chi connectivity index (χ2v) is 6.58. The Morgan fingerprint density at radius 1 is 1.10 bits per heavy atom. The van der Waals surface area contributed by atoms with E-state index in [-0.39, 0.29) is 5.95 Å². The van der Waals surface area contributed by atoms with Crippen LogP contribution in [0.2, 0.25) is 0 Å². The van der Waals surface area contributed by atoms with Crippen LogP contribution in [0.1, 0.15) is 30.5 Å². The minimum atomic E-state index is -4.49. The van der Waals surface area contributed by atoms with Gasteiger partial charge in [0.1, 0.15) is 11.4 Å². The zero-order chi connectivity index (χ0) is 22.0. The molecule has 0 radical (unpaired) electrons. The first-order valence-corrected chi connectivity index (χ1v) is 9.56. The summed E-state index contributed by atoms with van der Waals surface area (Å²) in [6.45, 7) is 3.65. The van der Waals surface area contributed by atoms with Gasteiger partial charge in [-0.1, -0.05) is 19.1 Å². The summed E-state index contributed by atoms with van der Waals surface area (Å²) in [5.74, 6) is 1.74. The van der Waals surface area contributed by atoms with Crippen LogP contribution in [-0.4, -0.2) is 49.7 Å². The molecule has 30 heavy (non-hydrogen) atoms. The van der Waals surface area contributed by atoms with E-state index in [0.29, 0.717) is 25.0 Å². The van der Waals surface area contributed by atoms with Gasteiger partial charge >= 0.3 is 6.18 Å². The van der Waals surface area contributed by atoms with Gasteiger partial charge in [0.15, 0.2) is 5.96 Å². The van der Waals surface area contributed by atoms with Crippen LogP contribution >= 0.6 is 0 Å². The number of hydrogen-bond acceptors (Lipinski definition) is 5. The van der Waals surface area contributed by atoms with E-state index < -0.39 is 11.9 Å². The van der Waals surface area contributed by atoms with Crippen molar-refractivity contribution in [2.24, 2.45) is 4.99 Å². The fourth-order valence-corrected chi connectivity index (χ4v) is 2.68. The highest BCUT2D eigenvalue weighted by atomic mass is 19.4. The Balaban J connectivity index is 1.69. The smallest absolute Gasteiger partial charge is 0.433 e. The summed E-state index contributed by atoms with van der Waals surface area (Å²) in [6, 6.07) is 8.83. The molecule has 1 unspecified atom stereocenters. The summed E-state index contributed by atoms with van der Waals surface area (Å²) in [5, 5.41) is 9.09. The SMILES string of the molecule is CN=C(NCCNc1nccc(C(F)(F)F)n1)NCCC(C)c1ccc(OC)cc1. The third-order valence-corrected chi connectivity index (χ3v) is 4.42. The molecule has 1 aromatic carbocycles. The molecular formula is C20H27F3N6O. The molecule has 10 heteroatoms. The fourth-order valence-electron chi connectivity index (χ4n) is 2.68. The Kier molecular flexibility index (Phi) is 8.70. The number of aromatic nitrogens is 2.